The number of nitrogens with zero attached hydrogens (tertiary/aromatic N) is 3. The molecule has 0 radical (unpaired) electrons. The average Bonchev–Trinajstić information content (AvgIpc) is 3.22. The van der Waals surface area contributed by atoms with E-state index in [9.17, 15) is 9.59 Å². The van der Waals surface area contributed by atoms with Gasteiger partial charge in [0.05, 0.1) is 11.4 Å². The number of halogens is 1. The van der Waals surface area contributed by atoms with Gasteiger partial charge in [-0.05, 0) is 42.5 Å². The molecule has 1 aliphatic rings. The van der Waals surface area contributed by atoms with Crippen molar-refractivity contribution in [2.24, 2.45) is 5.41 Å². The Bertz CT molecular complexity index is 1080. The van der Waals surface area contributed by atoms with E-state index in [1.54, 1.807) is 29.8 Å². The van der Waals surface area contributed by atoms with Crippen LogP contribution in [0, 0.1) is 12.3 Å². The van der Waals surface area contributed by atoms with Crippen LogP contribution in [0.25, 0.3) is 5.69 Å². The maximum Gasteiger partial charge on any atom is 0.272 e. The van der Waals surface area contributed by atoms with Crippen LogP contribution in [0.15, 0.2) is 30.9 Å². The fourth-order valence-electron chi connectivity index (χ4n) is 3.79. The van der Waals surface area contributed by atoms with Crippen molar-refractivity contribution in [1.29, 1.82) is 0 Å². The molecule has 1 amide bonds. The zero-order chi connectivity index (χ0) is 20.1. The van der Waals surface area contributed by atoms with Crippen LogP contribution in [0.2, 0.25) is 5.02 Å². The standard InChI is InChI=1S/C20H20ClN5O2/c1-11-17-14(7-20(2,3)8-16(17)27)24-18(11)19(28)25-13-6-12(21)4-5-15(13)26-10-22-9-23-26/h4-6,9-10,24H,7-8H2,1-3H3,(H,25,28). The number of amides is 1. The number of Topliss-reactive ketones (excluding diaryl/α,β-unsaturated/α-hetero) is 1. The molecule has 8 heteroatoms. The number of benzene rings is 1. The minimum absolute atomic E-state index is 0.0742. The molecule has 7 nitrogen and oxygen atoms in total. The molecule has 0 spiro atoms. The Balaban J connectivity index is 1.70. The van der Waals surface area contributed by atoms with E-state index in [2.05, 4.69) is 34.2 Å². The summed E-state index contributed by atoms with van der Waals surface area (Å²) in [5.74, 6) is -0.258. The molecular formula is C20H20ClN5O2. The van der Waals surface area contributed by atoms with Gasteiger partial charge in [-0.2, -0.15) is 5.10 Å². The lowest BCUT2D eigenvalue weighted by Crippen LogP contribution is -2.26. The number of aromatic nitrogens is 4. The lowest BCUT2D eigenvalue weighted by Gasteiger charge is -2.28. The predicted octanol–water partition coefficient (Wildman–Crippen LogP) is 3.96. The Kier molecular flexibility index (Phi) is 4.34. The van der Waals surface area contributed by atoms with Crippen LogP contribution in [0.1, 0.15) is 52.4 Å². The number of H-pyrrole nitrogens is 1. The van der Waals surface area contributed by atoms with Crippen molar-refractivity contribution < 1.29 is 9.59 Å². The van der Waals surface area contributed by atoms with Crippen molar-refractivity contribution in [3.63, 3.8) is 0 Å². The monoisotopic (exact) mass is 397 g/mol. The van der Waals surface area contributed by atoms with Crippen molar-refractivity contribution in [2.75, 3.05) is 5.32 Å². The minimum Gasteiger partial charge on any atom is -0.354 e. The molecular weight excluding hydrogens is 378 g/mol. The lowest BCUT2D eigenvalue weighted by atomic mass is 9.75. The number of ketones is 1. The Morgan fingerprint density at radius 1 is 1.32 bits per heavy atom. The fraction of sp³-hybridized carbons (Fsp3) is 0.300. The molecule has 0 atom stereocenters. The molecule has 0 saturated heterocycles. The first-order chi connectivity index (χ1) is 13.2. The number of hydrogen-bond acceptors (Lipinski definition) is 4. The van der Waals surface area contributed by atoms with Gasteiger partial charge in [0.1, 0.15) is 18.3 Å². The van der Waals surface area contributed by atoms with Gasteiger partial charge in [-0.15, -0.1) is 0 Å². The van der Waals surface area contributed by atoms with Crippen molar-refractivity contribution in [3.05, 3.63) is 58.4 Å². The molecule has 4 rings (SSSR count). The largest absolute Gasteiger partial charge is 0.354 e. The van der Waals surface area contributed by atoms with Gasteiger partial charge in [-0.25, -0.2) is 9.67 Å². The minimum atomic E-state index is -0.332. The van der Waals surface area contributed by atoms with Crippen LogP contribution >= 0.6 is 11.6 Å². The van der Waals surface area contributed by atoms with E-state index in [4.69, 9.17) is 11.6 Å². The summed E-state index contributed by atoms with van der Waals surface area (Å²) in [7, 11) is 0. The van der Waals surface area contributed by atoms with E-state index in [0.717, 1.165) is 12.1 Å². The second kappa shape index (κ2) is 6.60. The number of nitrogens with one attached hydrogen (secondary N) is 2. The summed E-state index contributed by atoms with van der Waals surface area (Å²) in [5, 5.41) is 7.48. The summed E-state index contributed by atoms with van der Waals surface area (Å²) in [6.07, 6.45) is 4.16. The van der Waals surface area contributed by atoms with Crippen LogP contribution in [0.5, 0.6) is 0 Å². The number of anilines is 1. The zero-order valence-electron chi connectivity index (χ0n) is 15.8. The molecule has 0 fully saturated rings. The van der Waals surface area contributed by atoms with Crippen LogP contribution in [-0.2, 0) is 6.42 Å². The van der Waals surface area contributed by atoms with E-state index in [0.29, 0.717) is 39.6 Å². The number of carbonyl (C=O) groups is 2. The Hall–Kier alpha value is -2.93. The summed E-state index contributed by atoms with van der Waals surface area (Å²) < 4.78 is 1.55. The van der Waals surface area contributed by atoms with Crippen LogP contribution in [0.4, 0.5) is 5.69 Å². The Morgan fingerprint density at radius 3 is 2.82 bits per heavy atom. The third-order valence-electron chi connectivity index (χ3n) is 5.00. The smallest absolute Gasteiger partial charge is 0.272 e. The van der Waals surface area contributed by atoms with Gasteiger partial charge in [0, 0.05) is 22.7 Å². The van der Waals surface area contributed by atoms with Crippen molar-refractivity contribution in [2.45, 2.75) is 33.6 Å². The van der Waals surface area contributed by atoms with Gasteiger partial charge in [-0.1, -0.05) is 25.4 Å². The molecule has 1 aromatic carbocycles. The fourth-order valence-corrected chi connectivity index (χ4v) is 3.96. The molecule has 0 unspecified atom stereocenters. The highest BCUT2D eigenvalue weighted by molar-refractivity contribution is 6.31. The Labute approximate surface area is 167 Å². The van der Waals surface area contributed by atoms with Gasteiger partial charge in [0.25, 0.3) is 5.91 Å². The quantitative estimate of drug-likeness (QED) is 0.699. The molecule has 2 heterocycles. The summed E-state index contributed by atoms with van der Waals surface area (Å²) >= 11 is 6.12. The second-order valence-corrected chi connectivity index (χ2v) is 8.31. The highest BCUT2D eigenvalue weighted by atomic mass is 35.5. The summed E-state index contributed by atoms with van der Waals surface area (Å²) in [6.45, 7) is 5.91. The molecule has 1 aliphatic carbocycles. The predicted molar refractivity (Wildman–Crippen MR) is 106 cm³/mol. The maximum atomic E-state index is 13.0. The van der Waals surface area contributed by atoms with Crippen molar-refractivity contribution in [1.82, 2.24) is 19.7 Å². The first kappa shape index (κ1) is 18.4. The van der Waals surface area contributed by atoms with Gasteiger partial charge in [0.15, 0.2) is 5.78 Å². The number of aromatic amines is 1. The van der Waals surface area contributed by atoms with Gasteiger partial charge >= 0.3 is 0 Å². The van der Waals surface area contributed by atoms with Crippen LogP contribution in [-0.4, -0.2) is 31.4 Å². The summed E-state index contributed by atoms with van der Waals surface area (Å²) in [5.41, 5.74) is 3.56. The highest BCUT2D eigenvalue weighted by Gasteiger charge is 2.35. The zero-order valence-corrected chi connectivity index (χ0v) is 16.6. The number of hydrogen-bond donors (Lipinski definition) is 2. The van der Waals surface area contributed by atoms with Crippen LogP contribution < -0.4 is 5.32 Å². The molecule has 0 bridgehead atoms. The number of carbonyl (C=O) groups excluding carboxylic acids is 2. The average molecular weight is 398 g/mol. The van der Waals surface area contributed by atoms with Crippen molar-refractivity contribution in [3.8, 4) is 5.69 Å². The van der Waals surface area contributed by atoms with Crippen molar-refractivity contribution >= 4 is 29.0 Å². The van der Waals surface area contributed by atoms with E-state index in [-0.39, 0.29) is 17.1 Å². The second-order valence-electron chi connectivity index (χ2n) is 7.88. The van der Waals surface area contributed by atoms with E-state index < -0.39 is 0 Å². The highest BCUT2D eigenvalue weighted by Crippen LogP contribution is 2.37. The molecule has 2 aromatic heterocycles. The number of rotatable bonds is 3. The molecule has 3 aromatic rings. The topological polar surface area (TPSA) is 92.7 Å². The van der Waals surface area contributed by atoms with Gasteiger partial charge in [0.2, 0.25) is 0 Å². The number of fused-ring (bicyclic) bond motifs is 1. The SMILES string of the molecule is Cc1c(C(=O)Nc2cc(Cl)ccc2-n2cncn2)[nH]c2c1C(=O)CC(C)(C)C2. The normalized spacial score (nSPS) is 15.4. The van der Waals surface area contributed by atoms with E-state index in [1.807, 2.05) is 0 Å². The summed E-state index contributed by atoms with van der Waals surface area (Å²) in [6, 6.07) is 5.13. The molecule has 2 N–H and O–H groups in total. The maximum absolute atomic E-state index is 13.0. The van der Waals surface area contributed by atoms with E-state index in [1.165, 1.54) is 12.7 Å². The third-order valence-corrected chi connectivity index (χ3v) is 5.24. The summed E-state index contributed by atoms with van der Waals surface area (Å²) in [4.78, 5) is 32.7. The van der Waals surface area contributed by atoms with Crippen LogP contribution in [0.3, 0.4) is 0 Å². The third kappa shape index (κ3) is 3.22. The molecule has 144 valence electrons. The first-order valence-electron chi connectivity index (χ1n) is 8.96. The van der Waals surface area contributed by atoms with Gasteiger partial charge in [-0.3, -0.25) is 9.59 Å². The lowest BCUT2D eigenvalue weighted by molar-refractivity contribution is 0.0910. The first-order valence-corrected chi connectivity index (χ1v) is 9.33. The van der Waals surface area contributed by atoms with Gasteiger partial charge < -0.3 is 10.3 Å². The molecule has 0 aliphatic heterocycles. The van der Waals surface area contributed by atoms with E-state index >= 15 is 0 Å². The molecule has 0 saturated carbocycles. The molecule has 28 heavy (non-hydrogen) atoms. The Morgan fingerprint density at radius 2 is 2.11 bits per heavy atom.